The highest BCUT2D eigenvalue weighted by Gasteiger charge is 1.94. The molecule has 1 aliphatic carbocycles. The van der Waals surface area contributed by atoms with Crippen LogP contribution in [-0.4, -0.2) is 11.7 Å². The molecule has 1 rings (SSSR count). The maximum absolute atomic E-state index is 9.07. The number of hydrogen-bond acceptors (Lipinski definition) is 2. The van der Waals surface area contributed by atoms with E-state index in [2.05, 4.69) is 0 Å². The fourth-order valence-corrected chi connectivity index (χ4v) is 0.847. The minimum atomic E-state index is 0.286. The van der Waals surface area contributed by atoms with Crippen LogP contribution in [0.3, 0.4) is 0 Å². The maximum atomic E-state index is 9.07. The van der Waals surface area contributed by atoms with Gasteiger partial charge in [-0.15, -0.1) is 0 Å². The van der Waals surface area contributed by atoms with E-state index in [1.54, 1.807) is 12.2 Å². The fraction of sp³-hybridized carbons (Fsp3) is 0.250. The van der Waals surface area contributed by atoms with Gasteiger partial charge in [-0.3, -0.25) is 0 Å². The molecule has 0 radical (unpaired) electrons. The zero-order valence-electron chi connectivity index (χ0n) is 5.75. The Bertz CT molecular complexity index is 201. The Labute approximate surface area is 60.4 Å². The lowest BCUT2D eigenvalue weighted by Crippen LogP contribution is -2.00. The normalized spacial score (nSPS) is 17.7. The van der Waals surface area contributed by atoms with Crippen molar-refractivity contribution in [2.45, 2.75) is 6.42 Å². The molecule has 0 heterocycles. The second-order valence-corrected chi connectivity index (χ2v) is 2.19. The molecule has 10 heavy (non-hydrogen) atoms. The van der Waals surface area contributed by atoms with Crippen LogP contribution >= 0.6 is 0 Å². The third-order valence-electron chi connectivity index (χ3n) is 1.37. The largest absolute Gasteiger partial charge is 0.508 e. The van der Waals surface area contributed by atoms with Gasteiger partial charge in [-0.2, -0.15) is 0 Å². The smallest absolute Gasteiger partial charge is 0.115 e. The first-order valence-corrected chi connectivity index (χ1v) is 3.29. The van der Waals surface area contributed by atoms with E-state index in [1.165, 1.54) is 0 Å². The van der Waals surface area contributed by atoms with Crippen LogP contribution in [0.1, 0.15) is 6.42 Å². The van der Waals surface area contributed by atoms with Gasteiger partial charge in [0.05, 0.1) is 0 Å². The van der Waals surface area contributed by atoms with Crippen LogP contribution < -0.4 is 5.73 Å². The zero-order chi connectivity index (χ0) is 7.40. The molecule has 0 aromatic carbocycles. The summed E-state index contributed by atoms with van der Waals surface area (Å²) in [6, 6.07) is 0. The zero-order valence-corrected chi connectivity index (χ0v) is 5.75. The fourth-order valence-electron chi connectivity index (χ4n) is 0.847. The molecule has 0 amide bonds. The Morgan fingerprint density at radius 2 is 2.40 bits per heavy atom. The molecule has 54 valence electrons. The SMILES string of the molecule is NCC1=CCC=CC(O)=C1. The van der Waals surface area contributed by atoms with Crippen LogP contribution in [0.2, 0.25) is 0 Å². The number of allylic oxidation sites excluding steroid dienone is 3. The molecule has 0 atom stereocenters. The van der Waals surface area contributed by atoms with Crippen LogP contribution in [0.5, 0.6) is 0 Å². The molecule has 0 fully saturated rings. The number of hydrogen-bond donors (Lipinski definition) is 2. The van der Waals surface area contributed by atoms with E-state index in [0.29, 0.717) is 6.54 Å². The lowest BCUT2D eigenvalue weighted by Gasteiger charge is -1.93. The summed E-state index contributed by atoms with van der Waals surface area (Å²) in [7, 11) is 0. The minimum absolute atomic E-state index is 0.286. The summed E-state index contributed by atoms with van der Waals surface area (Å²) < 4.78 is 0. The highest BCUT2D eigenvalue weighted by Crippen LogP contribution is 2.06. The average Bonchev–Trinajstić information content (AvgIpc) is 2.13. The molecule has 1 aliphatic rings. The molecular formula is C8H11NO. The summed E-state index contributed by atoms with van der Waals surface area (Å²) in [5.74, 6) is 0.286. The second-order valence-electron chi connectivity index (χ2n) is 2.19. The third kappa shape index (κ3) is 1.74. The van der Waals surface area contributed by atoms with E-state index in [0.717, 1.165) is 12.0 Å². The van der Waals surface area contributed by atoms with Gasteiger partial charge in [0.15, 0.2) is 0 Å². The Balaban J connectivity index is 2.77. The van der Waals surface area contributed by atoms with Crippen molar-refractivity contribution in [3.8, 4) is 0 Å². The number of nitrogens with two attached hydrogens (primary N) is 1. The third-order valence-corrected chi connectivity index (χ3v) is 1.37. The van der Waals surface area contributed by atoms with Crippen molar-refractivity contribution in [2.24, 2.45) is 5.73 Å². The van der Waals surface area contributed by atoms with E-state index in [-0.39, 0.29) is 5.76 Å². The van der Waals surface area contributed by atoms with Gasteiger partial charge in [0.2, 0.25) is 0 Å². The van der Waals surface area contributed by atoms with E-state index in [4.69, 9.17) is 10.8 Å². The summed E-state index contributed by atoms with van der Waals surface area (Å²) in [6.07, 6.45) is 8.12. The average molecular weight is 137 g/mol. The summed E-state index contributed by atoms with van der Waals surface area (Å²) in [5.41, 5.74) is 6.37. The monoisotopic (exact) mass is 137 g/mol. The van der Waals surface area contributed by atoms with Gasteiger partial charge in [-0.1, -0.05) is 12.2 Å². The van der Waals surface area contributed by atoms with E-state index in [1.807, 2.05) is 12.2 Å². The second kappa shape index (κ2) is 3.22. The Morgan fingerprint density at radius 3 is 3.10 bits per heavy atom. The number of aliphatic hydroxyl groups excluding tert-OH is 1. The van der Waals surface area contributed by atoms with Gasteiger partial charge in [0.25, 0.3) is 0 Å². The standard InChI is InChI=1S/C8H11NO/c9-6-7-3-1-2-4-8(10)5-7/h2-5,10H,1,6,9H2. The van der Waals surface area contributed by atoms with Gasteiger partial charge >= 0.3 is 0 Å². The summed E-state index contributed by atoms with van der Waals surface area (Å²) in [6.45, 7) is 0.492. The van der Waals surface area contributed by atoms with E-state index >= 15 is 0 Å². The van der Waals surface area contributed by atoms with Crippen molar-refractivity contribution in [3.05, 3.63) is 35.6 Å². The van der Waals surface area contributed by atoms with E-state index in [9.17, 15) is 0 Å². The van der Waals surface area contributed by atoms with Crippen molar-refractivity contribution in [1.29, 1.82) is 0 Å². The van der Waals surface area contributed by atoms with Crippen LogP contribution in [0.25, 0.3) is 0 Å². The predicted molar refractivity (Wildman–Crippen MR) is 41.6 cm³/mol. The molecule has 0 spiro atoms. The van der Waals surface area contributed by atoms with Crippen LogP contribution in [0, 0.1) is 0 Å². The van der Waals surface area contributed by atoms with Crippen LogP contribution in [-0.2, 0) is 0 Å². The first-order valence-electron chi connectivity index (χ1n) is 3.29. The van der Waals surface area contributed by atoms with Gasteiger partial charge in [-0.25, -0.2) is 0 Å². The predicted octanol–water partition coefficient (Wildman–Crippen LogP) is 1.27. The van der Waals surface area contributed by atoms with Crippen LogP contribution in [0.15, 0.2) is 35.6 Å². The molecule has 0 aromatic heterocycles. The Hall–Kier alpha value is -1.02. The first-order chi connectivity index (χ1) is 4.83. The van der Waals surface area contributed by atoms with Gasteiger partial charge in [0, 0.05) is 6.54 Å². The molecule has 2 heteroatoms. The molecular weight excluding hydrogens is 126 g/mol. The maximum Gasteiger partial charge on any atom is 0.115 e. The molecule has 3 N–H and O–H groups in total. The lowest BCUT2D eigenvalue weighted by molar-refractivity contribution is 0.432. The van der Waals surface area contributed by atoms with Gasteiger partial charge in [-0.05, 0) is 24.1 Å². The van der Waals surface area contributed by atoms with Gasteiger partial charge in [0.1, 0.15) is 5.76 Å². The minimum Gasteiger partial charge on any atom is -0.508 e. The van der Waals surface area contributed by atoms with Crippen LogP contribution in [0.4, 0.5) is 0 Å². The Kier molecular flexibility index (Phi) is 2.29. The van der Waals surface area contributed by atoms with Crippen molar-refractivity contribution in [3.63, 3.8) is 0 Å². The molecule has 0 saturated carbocycles. The molecule has 0 saturated heterocycles. The molecule has 0 aromatic rings. The first kappa shape index (κ1) is 7.09. The molecule has 0 aliphatic heterocycles. The number of aliphatic hydroxyl groups is 1. The summed E-state index contributed by atoms with van der Waals surface area (Å²) >= 11 is 0. The van der Waals surface area contributed by atoms with E-state index < -0.39 is 0 Å². The quantitative estimate of drug-likeness (QED) is 0.571. The topological polar surface area (TPSA) is 46.2 Å². The molecule has 2 nitrogen and oxygen atoms in total. The lowest BCUT2D eigenvalue weighted by atomic mass is 10.2. The summed E-state index contributed by atoms with van der Waals surface area (Å²) in [5, 5.41) is 9.07. The summed E-state index contributed by atoms with van der Waals surface area (Å²) in [4.78, 5) is 0. The highest BCUT2D eigenvalue weighted by molar-refractivity contribution is 5.30. The van der Waals surface area contributed by atoms with Crippen molar-refractivity contribution in [2.75, 3.05) is 6.54 Å². The van der Waals surface area contributed by atoms with Crippen molar-refractivity contribution >= 4 is 0 Å². The van der Waals surface area contributed by atoms with Crippen molar-refractivity contribution < 1.29 is 5.11 Å². The molecule has 0 bridgehead atoms. The Morgan fingerprint density at radius 1 is 1.60 bits per heavy atom. The highest BCUT2D eigenvalue weighted by atomic mass is 16.3. The van der Waals surface area contributed by atoms with Gasteiger partial charge < -0.3 is 10.8 Å². The van der Waals surface area contributed by atoms with Crippen molar-refractivity contribution in [1.82, 2.24) is 0 Å². The number of rotatable bonds is 1. The molecule has 0 unspecified atom stereocenters.